The summed E-state index contributed by atoms with van der Waals surface area (Å²) in [4.78, 5) is 12.6. The Bertz CT molecular complexity index is 490. The highest BCUT2D eigenvalue weighted by Gasteiger charge is 2.40. The van der Waals surface area contributed by atoms with Crippen LogP contribution in [0.4, 0.5) is 5.69 Å². The van der Waals surface area contributed by atoms with Crippen molar-refractivity contribution in [2.45, 2.75) is 38.1 Å². The van der Waals surface area contributed by atoms with Gasteiger partial charge in [0, 0.05) is 5.02 Å². The van der Waals surface area contributed by atoms with Gasteiger partial charge in [0.25, 0.3) is 0 Å². The molecule has 0 spiro atoms. The lowest BCUT2D eigenvalue weighted by Gasteiger charge is -2.28. The summed E-state index contributed by atoms with van der Waals surface area (Å²) in [5, 5.41) is 7.31. The Labute approximate surface area is 134 Å². The molecule has 0 aliphatic carbocycles. The van der Waals surface area contributed by atoms with E-state index in [2.05, 4.69) is 17.6 Å². The van der Waals surface area contributed by atoms with Crippen molar-refractivity contribution in [3.05, 3.63) is 27.2 Å². The van der Waals surface area contributed by atoms with Crippen LogP contribution in [0.5, 0.6) is 0 Å². The standard InChI is InChI=1S/C14H17Cl3N2O/c1-2-4-14(5-3-6-18-14)13(20)19-12-10(16)7-9(15)8-11(12)17/h7-8,18H,2-6H2,1H3,(H,19,20). The first-order valence-corrected chi connectivity index (χ1v) is 7.83. The number of rotatable bonds is 4. The van der Waals surface area contributed by atoms with E-state index in [1.165, 1.54) is 0 Å². The van der Waals surface area contributed by atoms with Gasteiger partial charge in [0.1, 0.15) is 0 Å². The van der Waals surface area contributed by atoms with Crippen LogP contribution in [-0.4, -0.2) is 18.0 Å². The number of hydrogen-bond acceptors (Lipinski definition) is 2. The average Bonchev–Trinajstić information content (AvgIpc) is 2.83. The number of nitrogens with one attached hydrogen (secondary N) is 2. The van der Waals surface area contributed by atoms with E-state index in [1.807, 2.05) is 0 Å². The van der Waals surface area contributed by atoms with Gasteiger partial charge in [0.15, 0.2) is 0 Å². The van der Waals surface area contributed by atoms with Gasteiger partial charge in [-0.3, -0.25) is 4.79 Å². The molecular formula is C14H17Cl3N2O. The van der Waals surface area contributed by atoms with Crippen LogP contribution in [0.3, 0.4) is 0 Å². The molecule has 1 fully saturated rings. The number of carbonyl (C=O) groups excluding carboxylic acids is 1. The maximum Gasteiger partial charge on any atom is 0.244 e. The minimum Gasteiger partial charge on any atom is -0.322 e. The molecule has 1 aromatic carbocycles. The highest BCUT2D eigenvalue weighted by Crippen LogP contribution is 2.35. The topological polar surface area (TPSA) is 41.1 Å². The molecule has 1 heterocycles. The zero-order valence-electron chi connectivity index (χ0n) is 11.2. The fourth-order valence-corrected chi connectivity index (χ4v) is 3.56. The quantitative estimate of drug-likeness (QED) is 0.850. The van der Waals surface area contributed by atoms with E-state index >= 15 is 0 Å². The van der Waals surface area contributed by atoms with Crippen LogP contribution in [0.15, 0.2) is 12.1 Å². The van der Waals surface area contributed by atoms with E-state index in [-0.39, 0.29) is 5.91 Å². The van der Waals surface area contributed by atoms with Gasteiger partial charge in [-0.1, -0.05) is 48.1 Å². The molecule has 1 atom stereocenters. The summed E-state index contributed by atoms with van der Waals surface area (Å²) in [5.41, 5.74) is -0.0898. The summed E-state index contributed by atoms with van der Waals surface area (Å²) in [5.74, 6) is -0.0806. The summed E-state index contributed by atoms with van der Waals surface area (Å²) in [6, 6.07) is 3.14. The Morgan fingerprint density at radius 1 is 1.35 bits per heavy atom. The molecule has 0 saturated carbocycles. The first-order valence-electron chi connectivity index (χ1n) is 6.69. The molecule has 1 aliphatic heterocycles. The molecule has 2 rings (SSSR count). The summed E-state index contributed by atoms with van der Waals surface area (Å²) in [7, 11) is 0. The van der Waals surface area contributed by atoms with Gasteiger partial charge in [-0.15, -0.1) is 0 Å². The fourth-order valence-electron chi connectivity index (χ4n) is 2.65. The zero-order chi connectivity index (χ0) is 14.8. The number of benzene rings is 1. The predicted molar refractivity (Wildman–Crippen MR) is 85.0 cm³/mol. The molecule has 0 bridgehead atoms. The number of amides is 1. The average molecular weight is 336 g/mol. The fraction of sp³-hybridized carbons (Fsp3) is 0.500. The number of carbonyl (C=O) groups is 1. The minimum absolute atomic E-state index is 0.0806. The minimum atomic E-state index is -0.513. The van der Waals surface area contributed by atoms with Gasteiger partial charge in [-0.2, -0.15) is 0 Å². The zero-order valence-corrected chi connectivity index (χ0v) is 13.5. The second kappa shape index (κ2) is 6.52. The third-order valence-corrected chi connectivity index (χ3v) is 4.41. The molecule has 2 N–H and O–H groups in total. The smallest absolute Gasteiger partial charge is 0.244 e. The Kier molecular flexibility index (Phi) is 5.19. The molecule has 1 saturated heterocycles. The molecule has 1 amide bonds. The molecule has 0 radical (unpaired) electrons. The van der Waals surface area contributed by atoms with Crippen LogP contribution in [0.2, 0.25) is 15.1 Å². The number of halogens is 3. The Morgan fingerprint density at radius 2 is 2.00 bits per heavy atom. The van der Waals surface area contributed by atoms with Gasteiger partial charge in [-0.05, 0) is 37.9 Å². The van der Waals surface area contributed by atoms with E-state index in [0.29, 0.717) is 20.8 Å². The van der Waals surface area contributed by atoms with Crippen molar-refractivity contribution in [1.29, 1.82) is 0 Å². The molecule has 1 unspecified atom stereocenters. The molecule has 20 heavy (non-hydrogen) atoms. The third kappa shape index (κ3) is 3.22. The van der Waals surface area contributed by atoms with Crippen molar-refractivity contribution >= 4 is 46.4 Å². The molecule has 110 valence electrons. The van der Waals surface area contributed by atoms with Crippen LogP contribution in [0, 0.1) is 0 Å². The molecule has 6 heteroatoms. The monoisotopic (exact) mass is 334 g/mol. The van der Waals surface area contributed by atoms with Crippen LogP contribution in [0.25, 0.3) is 0 Å². The number of anilines is 1. The van der Waals surface area contributed by atoms with Crippen molar-refractivity contribution in [2.75, 3.05) is 11.9 Å². The first-order chi connectivity index (χ1) is 9.48. The van der Waals surface area contributed by atoms with E-state index < -0.39 is 5.54 Å². The highest BCUT2D eigenvalue weighted by molar-refractivity contribution is 6.42. The normalized spacial score (nSPS) is 22.0. The molecular weight excluding hydrogens is 319 g/mol. The lowest BCUT2D eigenvalue weighted by molar-refractivity contribution is -0.122. The van der Waals surface area contributed by atoms with Gasteiger partial charge in [-0.25, -0.2) is 0 Å². The first kappa shape index (κ1) is 15.9. The maximum atomic E-state index is 12.6. The predicted octanol–water partition coefficient (Wildman–Crippen LogP) is 4.51. The van der Waals surface area contributed by atoms with Crippen LogP contribution in [-0.2, 0) is 4.79 Å². The third-order valence-electron chi connectivity index (χ3n) is 3.60. The Balaban J connectivity index is 2.23. The molecule has 0 aromatic heterocycles. The van der Waals surface area contributed by atoms with Crippen molar-refractivity contribution in [3.8, 4) is 0 Å². The van der Waals surface area contributed by atoms with Crippen molar-refractivity contribution in [2.24, 2.45) is 0 Å². The lowest BCUT2D eigenvalue weighted by atomic mass is 9.91. The summed E-state index contributed by atoms with van der Waals surface area (Å²) < 4.78 is 0. The highest BCUT2D eigenvalue weighted by atomic mass is 35.5. The van der Waals surface area contributed by atoms with Crippen LogP contribution in [0.1, 0.15) is 32.6 Å². The number of hydrogen-bond donors (Lipinski definition) is 2. The van der Waals surface area contributed by atoms with Crippen LogP contribution >= 0.6 is 34.8 Å². The van der Waals surface area contributed by atoms with Gasteiger partial charge >= 0.3 is 0 Å². The van der Waals surface area contributed by atoms with Gasteiger partial charge in [0.2, 0.25) is 5.91 Å². The molecule has 1 aromatic rings. The van der Waals surface area contributed by atoms with E-state index in [4.69, 9.17) is 34.8 Å². The van der Waals surface area contributed by atoms with Crippen molar-refractivity contribution in [1.82, 2.24) is 5.32 Å². The summed E-state index contributed by atoms with van der Waals surface area (Å²) in [6.07, 6.45) is 3.55. The van der Waals surface area contributed by atoms with Crippen molar-refractivity contribution < 1.29 is 4.79 Å². The SMILES string of the molecule is CCCC1(C(=O)Nc2c(Cl)cc(Cl)cc2Cl)CCCN1. The van der Waals surface area contributed by atoms with E-state index in [9.17, 15) is 4.79 Å². The summed E-state index contributed by atoms with van der Waals surface area (Å²) in [6.45, 7) is 2.92. The van der Waals surface area contributed by atoms with Crippen molar-refractivity contribution in [3.63, 3.8) is 0 Å². The van der Waals surface area contributed by atoms with Gasteiger partial charge < -0.3 is 10.6 Å². The lowest BCUT2D eigenvalue weighted by Crippen LogP contribution is -2.50. The van der Waals surface area contributed by atoms with Gasteiger partial charge in [0.05, 0.1) is 21.3 Å². The summed E-state index contributed by atoms with van der Waals surface area (Å²) >= 11 is 18.1. The molecule has 1 aliphatic rings. The second-order valence-electron chi connectivity index (χ2n) is 5.06. The Morgan fingerprint density at radius 3 is 2.50 bits per heavy atom. The largest absolute Gasteiger partial charge is 0.322 e. The Hall–Kier alpha value is -0.480. The maximum absolute atomic E-state index is 12.6. The molecule has 3 nitrogen and oxygen atoms in total. The second-order valence-corrected chi connectivity index (χ2v) is 6.31. The van der Waals surface area contributed by atoms with E-state index in [0.717, 1.165) is 32.2 Å². The van der Waals surface area contributed by atoms with Crippen LogP contribution < -0.4 is 10.6 Å². The van der Waals surface area contributed by atoms with E-state index in [1.54, 1.807) is 12.1 Å².